The highest BCUT2D eigenvalue weighted by Gasteiger charge is 2.17. The largest absolute Gasteiger partial charge is 0.397 e. The van der Waals surface area contributed by atoms with Crippen LogP contribution in [-0.2, 0) is 13.0 Å². The van der Waals surface area contributed by atoms with Crippen LogP contribution in [0.3, 0.4) is 0 Å². The van der Waals surface area contributed by atoms with E-state index in [4.69, 9.17) is 5.73 Å². The van der Waals surface area contributed by atoms with Gasteiger partial charge in [-0.25, -0.2) is 0 Å². The number of hydrogen-bond donors (Lipinski definition) is 2. The number of nitrogens with zero attached hydrogens (tertiary/aromatic N) is 1. The number of aromatic amines is 1. The fourth-order valence-electron chi connectivity index (χ4n) is 2.60. The molecule has 0 bridgehead atoms. The average molecular weight is 249 g/mol. The molecule has 1 saturated heterocycles. The van der Waals surface area contributed by atoms with Gasteiger partial charge >= 0.3 is 0 Å². The lowest BCUT2D eigenvalue weighted by Gasteiger charge is -2.18. The van der Waals surface area contributed by atoms with Crippen molar-refractivity contribution < 1.29 is 0 Å². The van der Waals surface area contributed by atoms with Gasteiger partial charge in [0.05, 0.1) is 5.69 Å². The molecule has 1 fully saturated rings. The molecule has 18 heavy (non-hydrogen) atoms. The van der Waals surface area contributed by atoms with Gasteiger partial charge in [0.1, 0.15) is 0 Å². The van der Waals surface area contributed by atoms with Crippen molar-refractivity contribution in [2.45, 2.75) is 45.6 Å². The smallest absolute Gasteiger partial charge is 0.251 e. The standard InChI is InChI=1S/C14H23N3O/c1-2-3-6-11-12(10-17-7-4-5-8-17)13(15)9-16-14(11)18/h9H,2-8,10,15H2,1H3,(H,16,18). The molecule has 2 rings (SSSR count). The van der Waals surface area contributed by atoms with E-state index in [1.165, 1.54) is 12.8 Å². The maximum atomic E-state index is 11.9. The quantitative estimate of drug-likeness (QED) is 0.837. The van der Waals surface area contributed by atoms with Crippen LogP contribution < -0.4 is 11.3 Å². The second-order valence-electron chi connectivity index (χ2n) is 5.12. The number of unbranched alkanes of at least 4 members (excludes halogenated alkanes) is 1. The van der Waals surface area contributed by atoms with E-state index in [1.807, 2.05) is 0 Å². The van der Waals surface area contributed by atoms with Crippen LogP contribution >= 0.6 is 0 Å². The van der Waals surface area contributed by atoms with E-state index in [0.29, 0.717) is 0 Å². The molecule has 2 heterocycles. The van der Waals surface area contributed by atoms with E-state index < -0.39 is 0 Å². The number of nitrogens with two attached hydrogens (primary N) is 1. The first-order valence-corrected chi connectivity index (χ1v) is 6.93. The summed E-state index contributed by atoms with van der Waals surface area (Å²) in [6.45, 7) is 5.22. The van der Waals surface area contributed by atoms with E-state index in [9.17, 15) is 4.79 Å². The molecule has 100 valence electrons. The molecule has 0 amide bonds. The third kappa shape index (κ3) is 2.93. The summed E-state index contributed by atoms with van der Waals surface area (Å²) in [6, 6.07) is 0. The molecule has 3 N–H and O–H groups in total. The average Bonchev–Trinajstić information content (AvgIpc) is 2.86. The lowest BCUT2D eigenvalue weighted by molar-refractivity contribution is 0.330. The van der Waals surface area contributed by atoms with Gasteiger partial charge in [-0.1, -0.05) is 13.3 Å². The molecule has 1 aromatic rings. The molecule has 0 spiro atoms. The van der Waals surface area contributed by atoms with Gasteiger partial charge in [-0.2, -0.15) is 0 Å². The maximum Gasteiger partial charge on any atom is 0.251 e. The fourth-order valence-corrected chi connectivity index (χ4v) is 2.60. The summed E-state index contributed by atoms with van der Waals surface area (Å²) >= 11 is 0. The first-order valence-electron chi connectivity index (χ1n) is 6.93. The summed E-state index contributed by atoms with van der Waals surface area (Å²) < 4.78 is 0. The molecule has 4 nitrogen and oxygen atoms in total. The molecule has 0 saturated carbocycles. The monoisotopic (exact) mass is 249 g/mol. The Bertz CT molecular complexity index is 447. The molecular weight excluding hydrogens is 226 g/mol. The third-order valence-electron chi connectivity index (χ3n) is 3.71. The SMILES string of the molecule is CCCCc1c(CN2CCCC2)c(N)c[nH]c1=O. The van der Waals surface area contributed by atoms with Crippen molar-refractivity contribution in [1.29, 1.82) is 0 Å². The van der Waals surface area contributed by atoms with Gasteiger partial charge in [0.15, 0.2) is 0 Å². The summed E-state index contributed by atoms with van der Waals surface area (Å²) in [5, 5.41) is 0. The third-order valence-corrected chi connectivity index (χ3v) is 3.71. The Kier molecular flexibility index (Phi) is 4.42. The first-order chi connectivity index (χ1) is 8.72. The van der Waals surface area contributed by atoms with Gasteiger partial charge in [-0.15, -0.1) is 0 Å². The van der Waals surface area contributed by atoms with Gasteiger partial charge in [0.2, 0.25) is 0 Å². The van der Waals surface area contributed by atoms with Crippen molar-refractivity contribution in [3.8, 4) is 0 Å². The first kappa shape index (κ1) is 13.1. The number of nitrogens with one attached hydrogen (secondary N) is 1. The molecule has 1 aromatic heterocycles. The summed E-state index contributed by atoms with van der Waals surface area (Å²) in [5.41, 5.74) is 8.75. The van der Waals surface area contributed by atoms with Crippen LogP contribution in [-0.4, -0.2) is 23.0 Å². The zero-order valence-electron chi connectivity index (χ0n) is 11.2. The fraction of sp³-hybridized carbons (Fsp3) is 0.643. The van der Waals surface area contributed by atoms with E-state index in [1.54, 1.807) is 6.20 Å². The Morgan fingerprint density at radius 3 is 2.72 bits per heavy atom. The minimum atomic E-state index is 0.0341. The second kappa shape index (κ2) is 6.05. The Labute approximate surface area is 108 Å². The van der Waals surface area contributed by atoms with Gasteiger partial charge in [0, 0.05) is 18.3 Å². The molecule has 0 radical (unpaired) electrons. The lowest BCUT2D eigenvalue weighted by Crippen LogP contribution is -2.24. The Hall–Kier alpha value is -1.29. The molecule has 0 unspecified atom stereocenters. The number of H-pyrrole nitrogens is 1. The van der Waals surface area contributed by atoms with Crippen molar-refractivity contribution in [2.75, 3.05) is 18.8 Å². The maximum absolute atomic E-state index is 11.9. The molecule has 4 heteroatoms. The van der Waals surface area contributed by atoms with Crippen LogP contribution in [0.15, 0.2) is 11.0 Å². The number of nitrogen functional groups attached to an aromatic ring is 1. The highest BCUT2D eigenvalue weighted by Crippen LogP contribution is 2.20. The van der Waals surface area contributed by atoms with Crippen molar-refractivity contribution in [3.05, 3.63) is 27.7 Å². The molecule has 1 aliphatic rings. The Balaban J connectivity index is 2.24. The zero-order valence-corrected chi connectivity index (χ0v) is 11.2. The van der Waals surface area contributed by atoms with Crippen LogP contribution in [0.2, 0.25) is 0 Å². The summed E-state index contributed by atoms with van der Waals surface area (Å²) in [5.74, 6) is 0. The molecule has 0 atom stereocenters. The summed E-state index contributed by atoms with van der Waals surface area (Å²) in [4.78, 5) is 17.1. The molecule has 1 aliphatic heterocycles. The molecular formula is C14H23N3O. The minimum absolute atomic E-state index is 0.0341. The molecule has 0 aromatic carbocycles. The number of pyridine rings is 1. The van der Waals surface area contributed by atoms with E-state index in [-0.39, 0.29) is 5.56 Å². The van der Waals surface area contributed by atoms with Crippen molar-refractivity contribution in [3.63, 3.8) is 0 Å². The van der Waals surface area contributed by atoms with Gasteiger partial charge < -0.3 is 10.7 Å². The van der Waals surface area contributed by atoms with Crippen LogP contribution in [0.5, 0.6) is 0 Å². The van der Waals surface area contributed by atoms with Crippen molar-refractivity contribution >= 4 is 5.69 Å². The van der Waals surface area contributed by atoms with E-state index in [0.717, 1.165) is 55.7 Å². The van der Waals surface area contributed by atoms with Crippen LogP contribution in [0.25, 0.3) is 0 Å². The summed E-state index contributed by atoms with van der Waals surface area (Å²) in [6.07, 6.45) is 7.13. The van der Waals surface area contributed by atoms with Gasteiger partial charge in [0.25, 0.3) is 5.56 Å². The van der Waals surface area contributed by atoms with Crippen LogP contribution in [0, 0.1) is 0 Å². The van der Waals surface area contributed by atoms with Crippen LogP contribution in [0.1, 0.15) is 43.7 Å². The number of rotatable bonds is 5. The highest BCUT2D eigenvalue weighted by molar-refractivity contribution is 5.48. The predicted octanol–water partition coefficient (Wildman–Crippen LogP) is 1.90. The lowest BCUT2D eigenvalue weighted by atomic mass is 10.0. The van der Waals surface area contributed by atoms with Gasteiger partial charge in [-0.05, 0) is 44.3 Å². The van der Waals surface area contributed by atoms with Gasteiger partial charge in [-0.3, -0.25) is 9.69 Å². The van der Waals surface area contributed by atoms with E-state index >= 15 is 0 Å². The van der Waals surface area contributed by atoms with E-state index in [2.05, 4.69) is 16.8 Å². The summed E-state index contributed by atoms with van der Waals surface area (Å²) in [7, 11) is 0. The number of likely N-dealkylation sites (tertiary alicyclic amines) is 1. The normalized spacial score (nSPS) is 16.3. The topological polar surface area (TPSA) is 62.1 Å². The second-order valence-corrected chi connectivity index (χ2v) is 5.12. The predicted molar refractivity (Wildman–Crippen MR) is 74.6 cm³/mol. The van der Waals surface area contributed by atoms with Crippen molar-refractivity contribution in [1.82, 2.24) is 9.88 Å². The Morgan fingerprint density at radius 2 is 2.06 bits per heavy atom. The van der Waals surface area contributed by atoms with Crippen molar-refractivity contribution in [2.24, 2.45) is 0 Å². The minimum Gasteiger partial charge on any atom is -0.397 e. The highest BCUT2D eigenvalue weighted by atomic mass is 16.1. The molecule has 0 aliphatic carbocycles. The Morgan fingerprint density at radius 1 is 1.33 bits per heavy atom. The number of anilines is 1. The van der Waals surface area contributed by atoms with Crippen LogP contribution in [0.4, 0.5) is 5.69 Å². The zero-order chi connectivity index (χ0) is 13.0. The number of hydrogen-bond acceptors (Lipinski definition) is 3. The number of aromatic nitrogens is 1.